The van der Waals surface area contributed by atoms with Crippen molar-refractivity contribution in [3.63, 3.8) is 0 Å². The van der Waals surface area contributed by atoms with Crippen LogP contribution >= 0.6 is 36.9 Å². The van der Waals surface area contributed by atoms with Crippen molar-refractivity contribution in [2.24, 2.45) is 22.9 Å². The van der Waals surface area contributed by atoms with E-state index in [4.69, 9.17) is 34.5 Å². The average Bonchev–Trinajstić information content (AvgIpc) is 1.63. The van der Waals surface area contributed by atoms with Crippen LogP contribution in [0.1, 0.15) is 88.0 Å². The molecule has 14 amide bonds. The summed E-state index contributed by atoms with van der Waals surface area (Å²) in [5.41, 5.74) is 25.1. The first-order chi connectivity index (χ1) is 52.4. The summed E-state index contributed by atoms with van der Waals surface area (Å²) in [6, 6.07) is 10.5. The summed E-state index contributed by atoms with van der Waals surface area (Å²) in [4.78, 5) is 198. The van der Waals surface area contributed by atoms with Crippen LogP contribution in [0.2, 0.25) is 5.02 Å². The van der Waals surface area contributed by atoms with Crippen molar-refractivity contribution in [1.82, 2.24) is 68.8 Å². The van der Waals surface area contributed by atoms with E-state index >= 15 is 14.4 Å². The van der Waals surface area contributed by atoms with Crippen molar-refractivity contribution in [3.8, 4) is 0 Å². The predicted octanol–water partition coefficient (Wildman–Crippen LogP) is -3.84. The lowest BCUT2D eigenvalue weighted by atomic mass is 10.00. The third kappa shape index (κ3) is 29.6. The van der Waals surface area contributed by atoms with Crippen molar-refractivity contribution in [1.29, 1.82) is 0 Å². The quantitative estimate of drug-likeness (QED) is 0.0131. The molecule has 0 aliphatic rings. The SMILES string of the molecule is CC(=O)N[C@@H](CS)C(=O)N[C@@H](CCCCN)C(=O)N[C@@H](CC(N)=O)C(=O)N[C@@H](Cc1ccc(Cl)cc1)C(=O)N[C@@H](Cc1ccccc1)C(=O)N[C@H](Cc1c[nH]c2ccccc12)C(=O)N[C@@H](CCCCN)C(=O)N[C@H](C(=O)N[C@@H](Cc1ccccc1)C(=O)N[C@H](C(=O)N[C@@H](CO)C(=O)N[C@@H](CS)C(N)=O)[C@@H](C)O)[C@@H](C)O. The number of aliphatic hydroxyl groups excluding tert-OH is 3. The summed E-state index contributed by atoms with van der Waals surface area (Å²) < 4.78 is 0. The molecule has 0 aliphatic carbocycles. The van der Waals surface area contributed by atoms with E-state index in [1.54, 1.807) is 103 Å². The third-order valence-corrected chi connectivity index (χ3v) is 18.4. The third-order valence-electron chi connectivity index (χ3n) is 17.4. The number of unbranched alkanes of at least 4 members (excludes halogenated alkanes) is 2. The van der Waals surface area contributed by atoms with Gasteiger partial charge >= 0.3 is 0 Å². The molecule has 0 saturated heterocycles. The lowest BCUT2D eigenvalue weighted by molar-refractivity contribution is -0.138. The summed E-state index contributed by atoms with van der Waals surface area (Å²) in [7, 11) is 0. The fourth-order valence-corrected chi connectivity index (χ4v) is 12.1. The maximum atomic E-state index is 15.3. The molecule has 0 saturated carbocycles. The molecule has 0 aliphatic heterocycles. The van der Waals surface area contributed by atoms with Gasteiger partial charge in [0, 0.05) is 66.2 Å². The molecule has 34 nitrogen and oxygen atoms in total. The Morgan fingerprint density at radius 1 is 0.418 bits per heavy atom. The van der Waals surface area contributed by atoms with E-state index in [1.807, 2.05) is 0 Å². The number of hydrogen-bond donors (Lipinski definition) is 22. The maximum absolute atomic E-state index is 15.3. The van der Waals surface area contributed by atoms with Gasteiger partial charge in [-0.15, -0.1) is 0 Å². The van der Waals surface area contributed by atoms with Gasteiger partial charge in [0.2, 0.25) is 82.7 Å². The standard InChI is InChI=1S/C73H100ClN17O17S2/c1-39(93)60(72(107)87-53(31-43-18-8-5-9-19-43)69(104)91-61(40(2)94)73(108)88-56(36-92)70(105)89-57(37-109)62(78)97)90-64(99)50(23-13-15-29-76)81-67(102)54(33-45-35-79-48-21-11-10-20-47(45)48)85-66(101)51(30-42-16-6-4-7-17-42)83-65(100)52(32-44-24-26-46(74)27-25-44)84-68(103)55(34-59(77)96)86-63(98)49(22-12-14-28-75)82-71(106)58(38-110)80-41(3)95/h4-11,16-21,24-27,35,39-40,49-58,60-61,79,92-94,109-110H,12-15,22-23,28-34,36-38,75-76H2,1-3H3,(H2,77,96)(H2,78,97)(H,80,95)(H,81,102)(H,82,106)(H,83,100)(H,84,103)(H,85,101)(H,86,98)(H,87,107)(H,88,108)(H,89,105)(H,90,99)(H,91,104)/t39-,40-,49+,50+,51+,52+,53+,54-,55+,56+,57+,58+,60+,61+/m1/s1. The zero-order valence-electron chi connectivity index (χ0n) is 61.0. The van der Waals surface area contributed by atoms with Gasteiger partial charge in [-0.3, -0.25) is 67.1 Å². The zero-order chi connectivity index (χ0) is 81.1. The molecule has 0 fully saturated rings. The van der Waals surface area contributed by atoms with Crippen molar-refractivity contribution in [3.05, 3.63) is 143 Å². The van der Waals surface area contributed by atoms with Crippen molar-refractivity contribution in [2.75, 3.05) is 31.2 Å². The van der Waals surface area contributed by atoms with E-state index in [0.29, 0.717) is 57.4 Å². The van der Waals surface area contributed by atoms with Gasteiger partial charge in [0.15, 0.2) is 0 Å². The van der Waals surface area contributed by atoms with E-state index in [0.717, 1.165) is 13.8 Å². The first-order valence-electron chi connectivity index (χ1n) is 35.6. The van der Waals surface area contributed by atoms with Crippen molar-refractivity contribution >= 4 is 130 Å². The number of benzene rings is 4. The van der Waals surface area contributed by atoms with Crippen LogP contribution < -0.4 is 86.7 Å². The Morgan fingerprint density at radius 2 is 0.773 bits per heavy atom. The molecule has 24 N–H and O–H groups in total. The highest BCUT2D eigenvalue weighted by molar-refractivity contribution is 7.80. The Balaban J connectivity index is 1.49. The van der Waals surface area contributed by atoms with Gasteiger partial charge in [0.25, 0.3) is 0 Å². The largest absolute Gasteiger partial charge is 0.394 e. The van der Waals surface area contributed by atoms with Crippen LogP contribution in [0.25, 0.3) is 10.9 Å². The second kappa shape index (κ2) is 46.3. The highest BCUT2D eigenvalue weighted by Gasteiger charge is 2.39. The van der Waals surface area contributed by atoms with Gasteiger partial charge in [0.1, 0.15) is 72.5 Å². The number of hydrogen-bond acceptors (Lipinski definition) is 21. The minimum absolute atomic E-state index is 0.0157. The first kappa shape index (κ1) is 90.4. The molecule has 0 spiro atoms. The highest BCUT2D eigenvalue weighted by atomic mass is 35.5. The van der Waals surface area contributed by atoms with Gasteiger partial charge < -0.3 is 107 Å². The van der Waals surface area contributed by atoms with Crippen LogP contribution in [0.3, 0.4) is 0 Å². The van der Waals surface area contributed by atoms with E-state index < -0.39 is 180 Å². The fraction of sp³-hybridized carbons (Fsp3) is 0.452. The number of carbonyl (C=O) groups is 14. The average molecular weight is 1590 g/mol. The first-order valence-corrected chi connectivity index (χ1v) is 37.2. The van der Waals surface area contributed by atoms with E-state index in [-0.39, 0.29) is 69.5 Å². The molecule has 0 unspecified atom stereocenters. The Bertz CT molecular complexity index is 3940. The van der Waals surface area contributed by atoms with Crippen molar-refractivity contribution in [2.45, 2.75) is 176 Å². The number of para-hydroxylation sites is 1. The number of nitrogens with two attached hydrogens (primary N) is 4. The van der Waals surface area contributed by atoms with E-state index in [9.17, 15) is 68.1 Å². The molecule has 1 heterocycles. The summed E-state index contributed by atoms with van der Waals surface area (Å²) in [5.74, 6) is -14.3. The monoisotopic (exact) mass is 1590 g/mol. The van der Waals surface area contributed by atoms with Crippen LogP contribution in [0.4, 0.5) is 0 Å². The minimum atomic E-state index is -1.90. The second-order valence-electron chi connectivity index (χ2n) is 26.2. The van der Waals surface area contributed by atoms with Crippen LogP contribution in [0.5, 0.6) is 0 Å². The summed E-state index contributed by atoms with van der Waals surface area (Å²) in [6.07, 6.45) is -2.73. The minimum Gasteiger partial charge on any atom is -0.394 e. The number of aromatic amines is 1. The van der Waals surface area contributed by atoms with Gasteiger partial charge in [-0.05, 0) is 106 Å². The number of nitrogens with one attached hydrogen (secondary N) is 13. The number of primary amides is 2. The molecule has 110 heavy (non-hydrogen) atoms. The van der Waals surface area contributed by atoms with Gasteiger partial charge in [-0.2, -0.15) is 25.3 Å². The van der Waals surface area contributed by atoms with Gasteiger partial charge in [-0.1, -0.05) is 103 Å². The Labute approximate surface area is 651 Å². The number of rotatable bonds is 47. The predicted molar refractivity (Wildman–Crippen MR) is 413 cm³/mol. The fourth-order valence-electron chi connectivity index (χ4n) is 11.4. The van der Waals surface area contributed by atoms with Crippen LogP contribution in [-0.2, 0) is 92.8 Å². The number of halogens is 1. The number of carbonyl (C=O) groups excluding carboxylic acids is 14. The normalized spacial score (nSPS) is 15.0. The van der Waals surface area contributed by atoms with Gasteiger partial charge in [-0.25, -0.2) is 0 Å². The Morgan fingerprint density at radius 3 is 1.20 bits per heavy atom. The molecule has 0 radical (unpaired) electrons. The molecule has 4 aromatic carbocycles. The molecular weight excluding hydrogens is 1490 g/mol. The topological polar surface area (TPSA) is 564 Å². The maximum Gasteiger partial charge on any atom is 0.245 e. The molecule has 5 aromatic rings. The smallest absolute Gasteiger partial charge is 0.245 e. The summed E-state index contributed by atoms with van der Waals surface area (Å²) >= 11 is 14.4. The number of aromatic nitrogens is 1. The van der Waals surface area contributed by atoms with Crippen LogP contribution in [0, 0.1) is 0 Å². The Hall–Kier alpha value is -10.2. The summed E-state index contributed by atoms with van der Waals surface area (Å²) in [6.45, 7) is 2.80. The van der Waals surface area contributed by atoms with Crippen molar-refractivity contribution < 1.29 is 82.4 Å². The van der Waals surface area contributed by atoms with Gasteiger partial charge in [0.05, 0.1) is 25.2 Å². The highest BCUT2D eigenvalue weighted by Crippen LogP contribution is 2.21. The lowest BCUT2D eigenvalue weighted by Crippen LogP contribution is -2.63. The molecule has 5 rings (SSSR count). The van der Waals surface area contributed by atoms with E-state index in [1.165, 1.54) is 19.1 Å². The lowest BCUT2D eigenvalue weighted by Gasteiger charge is -2.29. The zero-order valence-corrected chi connectivity index (χ0v) is 63.5. The molecule has 598 valence electrons. The van der Waals surface area contributed by atoms with E-state index in [2.05, 4.69) is 94.0 Å². The summed E-state index contributed by atoms with van der Waals surface area (Å²) in [5, 5.41) is 63.2. The molecule has 0 bridgehead atoms. The molecular formula is C73H100ClN17O17S2. The van der Waals surface area contributed by atoms with Crippen LogP contribution in [0.15, 0.2) is 115 Å². The molecule has 1 aromatic heterocycles. The number of H-pyrrole nitrogens is 1. The van der Waals surface area contributed by atoms with Crippen LogP contribution in [-0.4, -0.2) is 219 Å². The Kier molecular flexibility index (Phi) is 38.1. The number of fused-ring (bicyclic) bond motifs is 1. The number of thiol groups is 2. The number of amides is 14. The number of aliphatic hydroxyl groups is 3. The molecule has 37 heteroatoms. The second-order valence-corrected chi connectivity index (χ2v) is 27.4. The molecule has 14 atom stereocenters.